The monoisotopic (exact) mass is 328 g/mol. The molecule has 24 heavy (non-hydrogen) atoms. The third-order valence-electron chi connectivity index (χ3n) is 4.54. The number of amides is 1. The van der Waals surface area contributed by atoms with E-state index in [2.05, 4.69) is 10.1 Å². The van der Waals surface area contributed by atoms with Crippen LogP contribution in [0.3, 0.4) is 0 Å². The van der Waals surface area contributed by atoms with Crippen molar-refractivity contribution < 1.29 is 9.53 Å². The van der Waals surface area contributed by atoms with E-state index in [1.54, 1.807) is 7.11 Å². The van der Waals surface area contributed by atoms with Crippen LogP contribution in [0.15, 0.2) is 24.3 Å². The Kier molecular flexibility index (Phi) is 4.83. The summed E-state index contributed by atoms with van der Waals surface area (Å²) < 4.78 is 7.32. The summed E-state index contributed by atoms with van der Waals surface area (Å²) >= 11 is 0. The number of carbonyl (C=O) groups is 1. The van der Waals surface area contributed by atoms with Gasteiger partial charge in [-0.1, -0.05) is 18.2 Å². The van der Waals surface area contributed by atoms with E-state index in [0.717, 1.165) is 42.3 Å². The lowest BCUT2D eigenvalue weighted by atomic mass is 10.0. The fourth-order valence-electron chi connectivity index (χ4n) is 3.39. The molecule has 0 spiro atoms. The molecule has 1 aromatic heterocycles. The van der Waals surface area contributed by atoms with Gasteiger partial charge in [0.25, 0.3) is 0 Å². The predicted molar refractivity (Wildman–Crippen MR) is 91.0 cm³/mol. The van der Waals surface area contributed by atoms with Crippen molar-refractivity contribution in [2.24, 2.45) is 0 Å². The van der Waals surface area contributed by atoms with Crippen molar-refractivity contribution in [3.05, 3.63) is 41.5 Å². The fourth-order valence-corrected chi connectivity index (χ4v) is 3.39. The first-order valence-electron chi connectivity index (χ1n) is 8.38. The van der Waals surface area contributed by atoms with Crippen molar-refractivity contribution in [1.29, 1.82) is 0 Å². The quantitative estimate of drug-likeness (QED) is 0.864. The van der Waals surface area contributed by atoms with E-state index in [9.17, 15) is 4.79 Å². The van der Waals surface area contributed by atoms with Crippen molar-refractivity contribution in [3.8, 4) is 5.75 Å². The number of rotatable bonds is 4. The van der Waals surface area contributed by atoms with Gasteiger partial charge in [-0.3, -0.25) is 4.79 Å². The maximum atomic E-state index is 12.7. The molecule has 1 amide bonds. The van der Waals surface area contributed by atoms with Crippen LogP contribution in [0.5, 0.6) is 5.75 Å². The summed E-state index contributed by atoms with van der Waals surface area (Å²) in [6.45, 7) is 5.36. The van der Waals surface area contributed by atoms with E-state index in [1.807, 2.05) is 47.7 Å². The number of carbonyl (C=O) groups excluding carboxylic acids is 1. The maximum Gasteiger partial charge on any atom is 0.227 e. The van der Waals surface area contributed by atoms with Crippen LogP contribution in [0, 0.1) is 13.8 Å². The first-order valence-corrected chi connectivity index (χ1v) is 8.38. The smallest absolute Gasteiger partial charge is 0.227 e. The van der Waals surface area contributed by atoms with Crippen molar-refractivity contribution >= 4 is 5.91 Å². The molecule has 6 heteroatoms. The summed E-state index contributed by atoms with van der Waals surface area (Å²) in [5.74, 6) is 2.60. The molecule has 2 aromatic rings. The topological polar surface area (TPSA) is 60.2 Å². The van der Waals surface area contributed by atoms with Crippen LogP contribution in [0.2, 0.25) is 0 Å². The fraction of sp³-hybridized carbons (Fsp3) is 0.500. The summed E-state index contributed by atoms with van der Waals surface area (Å²) in [6.07, 6.45) is 2.38. The lowest BCUT2D eigenvalue weighted by molar-refractivity contribution is -0.132. The number of likely N-dealkylation sites (tertiary alicyclic amines) is 1. The van der Waals surface area contributed by atoms with Gasteiger partial charge in [0, 0.05) is 18.7 Å². The van der Waals surface area contributed by atoms with Gasteiger partial charge in [-0.05, 0) is 32.8 Å². The van der Waals surface area contributed by atoms with Gasteiger partial charge in [0.2, 0.25) is 5.91 Å². The molecule has 1 fully saturated rings. The second-order valence-electron chi connectivity index (χ2n) is 6.28. The summed E-state index contributed by atoms with van der Waals surface area (Å²) in [7, 11) is 1.63. The summed E-state index contributed by atoms with van der Waals surface area (Å²) in [5.41, 5.74) is 0.930. The Bertz CT molecular complexity index is 726. The van der Waals surface area contributed by atoms with Crippen LogP contribution < -0.4 is 4.74 Å². The minimum atomic E-state index is 0.138. The van der Waals surface area contributed by atoms with Gasteiger partial charge in [-0.2, -0.15) is 5.10 Å². The highest BCUT2D eigenvalue weighted by molar-refractivity contribution is 5.79. The Labute approximate surface area is 142 Å². The van der Waals surface area contributed by atoms with Crippen LogP contribution in [0.25, 0.3) is 0 Å². The second-order valence-corrected chi connectivity index (χ2v) is 6.28. The number of ether oxygens (including phenoxy) is 1. The van der Waals surface area contributed by atoms with Crippen molar-refractivity contribution in [2.75, 3.05) is 20.2 Å². The molecule has 1 aliphatic rings. The summed E-state index contributed by atoms with van der Waals surface area (Å²) in [4.78, 5) is 19.0. The van der Waals surface area contributed by atoms with Gasteiger partial charge in [0.1, 0.15) is 17.4 Å². The van der Waals surface area contributed by atoms with Crippen LogP contribution in [-0.2, 0) is 11.2 Å². The van der Waals surface area contributed by atoms with E-state index >= 15 is 0 Å². The Hall–Kier alpha value is -2.37. The Morgan fingerprint density at radius 2 is 2.12 bits per heavy atom. The van der Waals surface area contributed by atoms with Crippen LogP contribution >= 0.6 is 0 Å². The van der Waals surface area contributed by atoms with Gasteiger partial charge in [0.15, 0.2) is 0 Å². The average Bonchev–Trinajstić information content (AvgIpc) is 2.94. The molecule has 0 N–H and O–H groups in total. The maximum absolute atomic E-state index is 12.7. The largest absolute Gasteiger partial charge is 0.496 e. The molecule has 2 heterocycles. The zero-order valence-corrected chi connectivity index (χ0v) is 14.5. The third-order valence-corrected chi connectivity index (χ3v) is 4.54. The number of hydrogen-bond acceptors (Lipinski definition) is 4. The standard InChI is InChI=1S/C18H24N4O2/c1-13-19-14(2)22(20-13)16-8-6-10-21(12-16)18(23)11-15-7-4-5-9-17(15)24-3/h4-5,7,9,16H,6,8,10-12H2,1-3H3/t16-/m1/s1. The molecular weight excluding hydrogens is 304 g/mol. The molecule has 0 bridgehead atoms. The molecule has 3 rings (SSSR count). The molecule has 6 nitrogen and oxygen atoms in total. The highest BCUT2D eigenvalue weighted by Gasteiger charge is 2.27. The van der Waals surface area contributed by atoms with E-state index in [1.165, 1.54) is 0 Å². The van der Waals surface area contributed by atoms with Gasteiger partial charge < -0.3 is 9.64 Å². The molecule has 1 aliphatic heterocycles. The van der Waals surface area contributed by atoms with Crippen molar-refractivity contribution in [2.45, 2.75) is 39.2 Å². The molecule has 1 aromatic carbocycles. The van der Waals surface area contributed by atoms with Crippen LogP contribution in [0.4, 0.5) is 0 Å². The number of piperidine rings is 1. The van der Waals surface area contributed by atoms with E-state index in [4.69, 9.17) is 4.74 Å². The average molecular weight is 328 g/mol. The Morgan fingerprint density at radius 1 is 1.33 bits per heavy atom. The van der Waals surface area contributed by atoms with E-state index < -0.39 is 0 Å². The minimum absolute atomic E-state index is 0.138. The molecule has 0 aliphatic carbocycles. The number of aryl methyl sites for hydroxylation is 2. The molecule has 1 saturated heterocycles. The molecule has 0 unspecified atom stereocenters. The van der Waals surface area contributed by atoms with Crippen molar-refractivity contribution in [1.82, 2.24) is 19.7 Å². The zero-order chi connectivity index (χ0) is 17.1. The van der Waals surface area contributed by atoms with Gasteiger partial charge in [-0.15, -0.1) is 0 Å². The number of nitrogens with zero attached hydrogens (tertiary/aromatic N) is 4. The molecule has 128 valence electrons. The van der Waals surface area contributed by atoms with Gasteiger partial charge in [0.05, 0.1) is 19.6 Å². The number of methoxy groups -OCH3 is 1. The van der Waals surface area contributed by atoms with E-state index in [0.29, 0.717) is 13.0 Å². The van der Waals surface area contributed by atoms with E-state index in [-0.39, 0.29) is 11.9 Å². The number of benzene rings is 1. The van der Waals surface area contributed by atoms with Gasteiger partial charge >= 0.3 is 0 Å². The zero-order valence-electron chi connectivity index (χ0n) is 14.5. The Balaban J connectivity index is 1.70. The summed E-state index contributed by atoms with van der Waals surface area (Å²) in [5, 5.41) is 4.49. The molecule has 0 radical (unpaired) electrons. The van der Waals surface area contributed by atoms with Gasteiger partial charge in [-0.25, -0.2) is 9.67 Å². The third kappa shape index (κ3) is 3.42. The molecule has 0 saturated carbocycles. The second kappa shape index (κ2) is 7.03. The highest BCUT2D eigenvalue weighted by atomic mass is 16.5. The lowest BCUT2D eigenvalue weighted by Gasteiger charge is -2.33. The number of para-hydroxylation sites is 1. The normalized spacial score (nSPS) is 17.8. The number of aromatic nitrogens is 3. The first kappa shape index (κ1) is 16.5. The van der Waals surface area contributed by atoms with Crippen LogP contribution in [-0.4, -0.2) is 45.8 Å². The SMILES string of the molecule is COc1ccccc1CC(=O)N1CCC[C@@H](n2nc(C)nc2C)C1. The summed E-state index contributed by atoms with van der Waals surface area (Å²) in [6, 6.07) is 7.90. The predicted octanol–water partition coefficient (Wildman–Crippen LogP) is 2.31. The highest BCUT2D eigenvalue weighted by Crippen LogP contribution is 2.24. The lowest BCUT2D eigenvalue weighted by Crippen LogP contribution is -2.42. The minimum Gasteiger partial charge on any atom is -0.496 e. The number of hydrogen-bond donors (Lipinski definition) is 0. The Morgan fingerprint density at radius 3 is 2.83 bits per heavy atom. The van der Waals surface area contributed by atoms with Crippen molar-refractivity contribution in [3.63, 3.8) is 0 Å². The first-order chi connectivity index (χ1) is 11.6. The molecule has 1 atom stereocenters. The van der Waals surface area contributed by atoms with Crippen LogP contribution in [0.1, 0.15) is 36.1 Å². The molecular formula is C18H24N4O2.